The van der Waals surface area contributed by atoms with E-state index in [1.165, 1.54) is 25.3 Å². The molecule has 1 unspecified atom stereocenters. The molecule has 15 heavy (non-hydrogen) atoms. The Morgan fingerprint density at radius 3 is 2.93 bits per heavy atom. The number of carbonyl (C=O) groups excluding carboxylic acids is 1. The van der Waals surface area contributed by atoms with Crippen LogP contribution in [0.25, 0.3) is 11.0 Å². The molecule has 3 nitrogen and oxygen atoms in total. The number of ketones is 1. The summed E-state index contributed by atoms with van der Waals surface area (Å²) in [6.45, 7) is 1.52. The van der Waals surface area contributed by atoms with Crippen LogP contribution in [-0.4, -0.2) is 11.8 Å². The fourth-order valence-electron chi connectivity index (χ4n) is 1.42. The van der Waals surface area contributed by atoms with Crippen LogP contribution < -0.4 is 5.73 Å². The van der Waals surface area contributed by atoms with Gasteiger partial charge in [-0.2, -0.15) is 0 Å². The summed E-state index contributed by atoms with van der Waals surface area (Å²) in [5, 5.41) is 0.633. The van der Waals surface area contributed by atoms with E-state index in [4.69, 9.17) is 10.2 Å². The molecule has 1 aromatic carbocycles. The van der Waals surface area contributed by atoms with Crippen LogP contribution in [0.5, 0.6) is 0 Å². The molecule has 2 N–H and O–H groups in total. The van der Waals surface area contributed by atoms with E-state index in [2.05, 4.69) is 0 Å². The topological polar surface area (TPSA) is 56.2 Å². The number of Topliss-reactive ketones (excluding diaryl/α,β-unsaturated/α-hetero) is 1. The molecule has 1 aromatic heterocycles. The van der Waals surface area contributed by atoms with Crippen LogP contribution in [-0.2, 0) is 0 Å². The zero-order valence-corrected chi connectivity index (χ0v) is 8.16. The molecule has 0 aliphatic heterocycles. The van der Waals surface area contributed by atoms with Gasteiger partial charge in [-0.05, 0) is 25.1 Å². The van der Waals surface area contributed by atoms with Gasteiger partial charge in [0.15, 0.2) is 5.78 Å². The van der Waals surface area contributed by atoms with Gasteiger partial charge in [-0.15, -0.1) is 0 Å². The summed E-state index contributed by atoms with van der Waals surface area (Å²) in [4.78, 5) is 11.5. The Balaban J connectivity index is 2.60. The van der Waals surface area contributed by atoms with Gasteiger partial charge in [-0.1, -0.05) is 0 Å². The molecule has 2 aromatic rings. The highest BCUT2D eigenvalue weighted by Crippen LogP contribution is 2.20. The maximum absolute atomic E-state index is 13.5. The summed E-state index contributed by atoms with van der Waals surface area (Å²) in [6.07, 6.45) is 1.45. The standard InChI is InChI=1S/C11H10FNO2/c1-6(13)11(14)8-5-10-7(2-3-15-10)4-9(8)12/h2-6H,13H2,1H3. The second-order valence-corrected chi connectivity index (χ2v) is 3.44. The maximum Gasteiger partial charge on any atom is 0.182 e. The molecular formula is C11H10FNO2. The minimum absolute atomic E-state index is 0.0209. The average Bonchev–Trinajstić information content (AvgIpc) is 2.62. The van der Waals surface area contributed by atoms with Crippen LogP contribution >= 0.6 is 0 Å². The molecular weight excluding hydrogens is 197 g/mol. The third-order valence-corrected chi connectivity index (χ3v) is 2.22. The zero-order chi connectivity index (χ0) is 11.0. The van der Waals surface area contributed by atoms with Gasteiger partial charge in [0.2, 0.25) is 0 Å². The first-order chi connectivity index (χ1) is 7.09. The van der Waals surface area contributed by atoms with Crippen molar-refractivity contribution in [2.45, 2.75) is 13.0 Å². The number of rotatable bonds is 2. The average molecular weight is 207 g/mol. The van der Waals surface area contributed by atoms with Crippen LogP contribution in [0.2, 0.25) is 0 Å². The van der Waals surface area contributed by atoms with E-state index in [0.29, 0.717) is 11.0 Å². The second kappa shape index (κ2) is 3.47. The number of halogens is 1. The molecule has 0 saturated carbocycles. The van der Waals surface area contributed by atoms with E-state index in [9.17, 15) is 9.18 Å². The summed E-state index contributed by atoms with van der Waals surface area (Å²) in [7, 11) is 0. The first-order valence-corrected chi connectivity index (χ1v) is 4.56. The molecule has 0 radical (unpaired) electrons. The van der Waals surface area contributed by atoms with Crippen molar-refractivity contribution in [1.29, 1.82) is 0 Å². The zero-order valence-electron chi connectivity index (χ0n) is 8.16. The first-order valence-electron chi connectivity index (χ1n) is 4.56. The van der Waals surface area contributed by atoms with Crippen molar-refractivity contribution in [3.63, 3.8) is 0 Å². The smallest absolute Gasteiger partial charge is 0.182 e. The van der Waals surface area contributed by atoms with Gasteiger partial charge in [-0.25, -0.2) is 4.39 Å². The minimum atomic E-state index is -0.716. The number of hydrogen-bond donors (Lipinski definition) is 1. The molecule has 78 valence electrons. The van der Waals surface area contributed by atoms with E-state index in [0.717, 1.165) is 0 Å². The van der Waals surface area contributed by atoms with Gasteiger partial charge in [-0.3, -0.25) is 4.79 Å². The summed E-state index contributed by atoms with van der Waals surface area (Å²) in [5.74, 6) is -0.989. The van der Waals surface area contributed by atoms with Gasteiger partial charge in [0.1, 0.15) is 11.4 Å². The Labute approximate surface area is 85.7 Å². The predicted octanol–water partition coefficient (Wildman–Crippen LogP) is 2.10. The molecule has 2 rings (SSSR count). The van der Waals surface area contributed by atoms with Crippen LogP contribution in [0.3, 0.4) is 0 Å². The highest BCUT2D eigenvalue weighted by atomic mass is 19.1. The molecule has 0 saturated heterocycles. The molecule has 0 spiro atoms. The van der Waals surface area contributed by atoms with Gasteiger partial charge in [0.25, 0.3) is 0 Å². The number of carbonyl (C=O) groups is 1. The molecule has 0 aliphatic carbocycles. The number of fused-ring (bicyclic) bond motifs is 1. The minimum Gasteiger partial charge on any atom is -0.464 e. The lowest BCUT2D eigenvalue weighted by atomic mass is 10.0. The van der Waals surface area contributed by atoms with E-state index < -0.39 is 17.6 Å². The van der Waals surface area contributed by atoms with Gasteiger partial charge >= 0.3 is 0 Å². The maximum atomic E-state index is 13.5. The summed E-state index contributed by atoms with van der Waals surface area (Å²) >= 11 is 0. The van der Waals surface area contributed by atoms with E-state index in [-0.39, 0.29) is 5.56 Å². The van der Waals surface area contributed by atoms with E-state index in [1.807, 2.05) is 0 Å². The van der Waals surface area contributed by atoms with Crippen LogP contribution in [0.1, 0.15) is 17.3 Å². The summed E-state index contributed by atoms with van der Waals surface area (Å²) in [6, 6.07) is 3.58. The summed E-state index contributed by atoms with van der Waals surface area (Å²) < 4.78 is 18.6. The van der Waals surface area contributed by atoms with Crippen molar-refractivity contribution in [2.75, 3.05) is 0 Å². The number of hydrogen-bond acceptors (Lipinski definition) is 3. The van der Waals surface area contributed by atoms with Crippen molar-refractivity contribution in [1.82, 2.24) is 0 Å². The fourth-order valence-corrected chi connectivity index (χ4v) is 1.42. The Bertz CT molecular complexity index is 516. The molecule has 0 amide bonds. The lowest BCUT2D eigenvalue weighted by molar-refractivity contribution is 0.0964. The monoisotopic (exact) mass is 207 g/mol. The number of furan rings is 1. The third-order valence-electron chi connectivity index (χ3n) is 2.22. The molecule has 4 heteroatoms. The molecule has 0 aliphatic rings. The van der Waals surface area contributed by atoms with Crippen molar-refractivity contribution in [2.24, 2.45) is 5.73 Å². The highest BCUT2D eigenvalue weighted by molar-refractivity contribution is 6.02. The van der Waals surface area contributed by atoms with Crippen molar-refractivity contribution < 1.29 is 13.6 Å². The van der Waals surface area contributed by atoms with Gasteiger partial charge in [0, 0.05) is 5.39 Å². The first kappa shape index (κ1) is 9.86. The lowest BCUT2D eigenvalue weighted by Crippen LogP contribution is -2.27. The molecule has 0 fully saturated rings. The SMILES string of the molecule is CC(N)C(=O)c1cc2occc2cc1F. The van der Waals surface area contributed by atoms with Crippen molar-refractivity contribution in [3.05, 3.63) is 35.8 Å². The lowest BCUT2D eigenvalue weighted by Gasteiger charge is -2.05. The predicted molar refractivity (Wildman–Crippen MR) is 54.2 cm³/mol. The van der Waals surface area contributed by atoms with Gasteiger partial charge < -0.3 is 10.2 Å². The second-order valence-electron chi connectivity index (χ2n) is 3.44. The molecule has 1 heterocycles. The van der Waals surface area contributed by atoms with Crippen LogP contribution in [0.4, 0.5) is 4.39 Å². The quantitative estimate of drug-likeness (QED) is 0.767. The fraction of sp³-hybridized carbons (Fsp3) is 0.182. The van der Waals surface area contributed by atoms with E-state index in [1.54, 1.807) is 6.07 Å². The van der Waals surface area contributed by atoms with Crippen LogP contribution in [0.15, 0.2) is 28.9 Å². The van der Waals surface area contributed by atoms with Crippen LogP contribution in [0, 0.1) is 5.82 Å². The third kappa shape index (κ3) is 1.64. The van der Waals surface area contributed by atoms with Gasteiger partial charge in [0.05, 0.1) is 17.9 Å². The number of nitrogens with two attached hydrogens (primary N) is 1. The Kier molecular flexibility index (Phi) is 2.28. The Hall–Kier alpha value is -1.68. The number of benzene rings is 1. The molecule has 0 bridgehead atoms. The Morgan fingerprint density at radius 1 is 1.53 bits per heavy atom. The largest absolute Gasteiger partial charge is 0.464 e. The molecule has 1 atom stereocenters. The Morgan fingerprint density at radius 2 is 2.27 bits per heavy atom. The van der Waals surface area contributed by atoms with Crippen molar-refractivity contribution >= 4 is 16.8 Å². The normalized spacial score (nSPS) is 13.0. The summed E-state index contributed by atoms with van der Waals surface area (Å²) in [5.41, 5.74) is 5.87. The van der Waals surface area contributed by atoms with Crippen molar-refractivity contribution in [3.8, 4) is 0 Å². The van der Waals surface area contributed by atoms with E-state index >= 15 is 0 Å². The highest BCUT2D eigenvalue weighted by Gasteiger charge is 2.17.